The molecule has 0 aliphatic rings. The van der Waals surface area contributed by atoms with E-state index in [1.807, 2.05) is 6.07 Å². The molecule has 0 spiro atoms. The van der Waals surface area contributed by atoms with Crippen molar-refractivity contribution < 1.29 is 26.7 Å². The Balaban J connectivity index is 1.90. The largest absolute Gasteiger partial charge is 0.494 e. The van der Waals surface area contributed by atoms with Gasteiger partial charge in [0.05, 0.1) is 6.61 Å². The number of hydrogen-bond donors (Lipinski definition) is 0. The van der Waals surface area contributed by atoms with E-state index in [0.29, 0.717) is 18.8 Å². The van der Waals surface area contributed by atoms with Gasteiger partial charge < -0.3 is 4.74 Å². The predicted molar refractivity (Wildman–Crippen MR) is 71.1 cm³/mol. The van der Waals surface area contributed by atoms with Crippen LogP contribution < -0.4 is 4.74 Å². The van der Waals surface area contributed by atoms with E-state index in [0.717, 1.165) is 0 Å². The summed E-state index contributed by atoms with van der Waals surface area (Å²) in [7, 11) is 0. The summed E-state index contributed by atoms with van der Waals surface area (Å²) in [5, 5.41) is 0. The van der Waals surface area contributed by atoms with Crippen LogP contribution in [0.5, 0.6) is 5.75 Å². The Morgan fingerprint density at radius 3 is 1.82 bits per heavy atom. The molecule has 2 aromatic carbocycles. The zero-order valence-corrected chi connectivity index (χ0v) is 11.5. The standard InChI is InChI=1S/C16H13F5O/c17-12-11(13(18)15(20)16(21)14(12)19)8-4-5-9-22-10-6-2-1-3-7-10/h1-3,6-7H,4-5,8-9H2. The lowest BCUT2D eigenvalue weighted by Gasteiger charge is -2.09. The highest BCUT2D eigenvalue weighted by atomic mass is 19.2. The van der Waals surface area contributed by atoms with Crippen LogP contribution in [0.3, 0.4) is 0 Å². The van der Waals surface area contributed by atoms with Crippen LogP contribution in [-0.2, 0) is 6.42 Å². The third-order valence-corrected chi connectivity index (χ3v) is 3.13. The lowest BCUT2D eigenvalue weighted by atomic mass is 10.1. The number of hydrogen-bond acceptors (Lipinski definition) is 1. The van der Waals surface area contributed by atoms with Gasteiger partial charge in [0, 0.05) is 5.56 Å². The normalized spacial score (nSPS) is 10.8. The molecule has 0 fully saturated rings. The van der Waals surface area contributed by atoms with Crippen molar-refractivity contribution in [1.82, 2.24) is 0 Å². The van der Waals surface area contributed by atoms with Gasteiger partial charge in [-0.1, -0.05) is 18.2 Å². The van der Waals surface area contributed by atoms with Gasteiger partial charge in [0.2, 0.25) is 5.82 Å². The fraction of sp³-hybridized carbons (Fsp3) is 0.250. The SMILES string of the molecule is Fc1c(F)c(F)c(CCCCOc2ccccc2)c(F)c1F. The number of para-hydroxylation sites is 1. The molecule has 118 valence electrons. The number of benzene rings is 2. The van der Waals surface area contributed by atoms with E-state index in [-0.39, 0.29) is 12.8 Å². The van der Waals surface area contributed by atoms with Gasteiger partial charge in [0.25, 0.3) is 0 Å². The van der Waals surface area contributed by atoms with Crippen LogP contribution in [0.15, 0.2) is 30.3 Å². The van der Waals surface area contributed by atoms with Crippen LogP contribution >= 0.6 is 0 Å². The quantitative estimate of drug-likeness (QED) is 0.322. The molecule has 0 aliphatic heterocycles. The van der Waals surface area contributed by atoms with E-state index >= 15 is 0 Å². The lowest BCUT2D eigenvalue weighted by molar-refractivity contribution is 0.305. The second kappa shape index (κ2) is 7.24. The lowest BCUT2D eigenvalue weighted by Crippen LogP contribution is -2.08. The average Bonchev–Trinajstić information content (AvgIpc) is 2.54. The van der Waals surface area contributed by atoms with Crippen LogP contribution in [0, 0.1) is 29.1 Å². The maximum absolute atomic E-state index is 13.4. The Morgan fingerprint density at radius 2 is 1.23 bits per heavy atom. The van der Waals surface area contributed by atoms with Gasteiger partial charge in [-0.3, -0.25) is 0 Å². The summed E-state index contributed by atoms with van der Waals surface area (Å²) in [5.41, 5.74) is -0.781. The van der Waals surface area contributed by atoms with E-state index in [1.54, 1.807) is 24.3 Å². The molecule has 2 rings (SSSR count). The van der Waals surface area contributed by atoms with E-state index in [9.17, 15) is 22.0 Å². The molecular weight excluding hydrogens is 303 g/mol. The fourth-order valence-electron chi connectivity index (χ4n) is 1.98. The molecule has 0 N–H and O–H groups in total. The van der Waals surface area contributed by atoms with Crippen LogP contribution in [-0.4, -0.2) is 6.61 Å². The van der Waals surface area contributed by atoms with Crippen molar-refractivity contribution >= 4 is 0 Å². The van der Waals surface area contributed by atoms with E-state index in [4.69, 9.17) is 4.74 Å². The van der Waals surface area contributed by atoms with E-state index < -0.39 is 34.6 Å². The minimum Gasteiger partial charge on any atom is -0.494 e. The zero-order valence-electron chi connectivity index (χ0n) is 11.5. The molecule has 1 nitrogen and oxygen atoms in total. The second-order valence-corrected chi connectivity index (χ2v) is 4.67. The molecule has 0 aliphatic carbocycles. The number of halogens is 5. The molecule has 0 saturated heterocycles. The average molecular weight is 316 g/mol. The minimum atomic E-state index is -2.13. The molecule has 0 saturated carbocycles. The third kappa shape index (κ3) is 3.55. The van der Waals surface area contributed by atoms with Gasteiger partial charge in [-0.25, -0.2) is 22.0 Å². The summed E-state index contributed by atoms with van der Waals surface area (Å²) >= 11 is 0. The molecule has 0 aromatic heterocycles. The molecule has 22 heavy (non-hydrogen) atoms. The Bertz CT molecular complexity index is 614. The maximum Gasteiger partial charge on any atom is 0.200 e. The predicted octanol–water partition coefficient (Wildman–Crippen LogP) is 4.78. The van der Waals surface area contributed by atoms with Crippen molar-refractivity contribution in [2.75, 3.05) is 6.61 Å². The summed E-state index contributed by atoms with van der Waals surface area (Å²) in [5.74, 6) is -8.82. The number of unbranched alkanes of at least 4 members (excludes halogenated alkanes) is 1. The first-order valence-electron chi connectivity index (χ1n) is 6.70. The Kier molecular flexibility index (Phi) is 5.35. The fourth-order valence-corrected chi connectivity index (χ4v) is 1.98. The smallest absolute Gasteiger partial charge is 0.200 e. The molecule has 0 radical (unpaired) electrons. The first kappa shape index (κ1) is 16.3. The number of ether oxygens (including phenoxy) is 1. The van der Waals surface area contributed by atoms with Crippen molar-refractivity contribution in [3.8, 4) is 5.75 Å². The van der Waals surface area contributed by atoms with Gasteiger partial charge in [0.15, 0.2) is 23.3 Å². The zero-order chi connectivity index (χ0) is 16.1. The number of rotatable bonds is 6. The summed E-state index contributed by atoms with van der Waals surface area (Å²) in [6, 6.07) is 8.93. The van der Waals surface area contributed by atoms with Crippen LogP contribution in [0.4, 0.5) is 22.0 Å². The Hall–Kier alpha value is -2.11. The highest BCUT2D eigenvalue weighted by Crippen LogP contribution is 2.24. The van der Waals surface area contributed by atoms with Crippen molar-refractivity contribution in [3.63, 3.8) is 0 Å². The van der Waals surface area contributed by atoms with Crippen molar-refractivity contribution in [1.29, 1.82) is 0 Å². The van der Waals surface area contributed by atoms with Crippen LogP contribution in [0.1, 0.15) is 18.4 Å². The summed E-state index contributed by atoms with van der Waals surface area (Å²) in [6.45, 7) is 0.291. The van der Waals surface area contributed by atoms with Gasteiger partial charge in [-0.05, 0) is 31.4 Å². The molecule has 0 heterocycles. The second-order valence-electron chi connectivity index (χ2n) is 4.67. The summed E-state index contributed by atoms with van der Waals surface area (Å²) in [4.78, 5) is 0. The first-order valence-corrected chi connectivity index (χ1v) is 6.70. The highest BCUT2D eigenvalue weighted by molar-refractivity contribution is 5.24. The molecule has 0 amide bonds. The molecule has 0 unspecified atom stereocenters. The summed E-state index contributed by atoms with van der Waals surface area (Å²) in [6.07, 6.45) is 0.420. The monoisotopic (exact) mass is 316 g/mol. The third-order valence-electron chi connectivity index (χ3n) is 3.13. The van der Waals surface area contributed by atoms with Crippen LogP contribution in [0.25, 0.3) is 0 Å². The van der Waals surface area contributed by atoms with Crippen molar-refractivity contribution in [2.24, 2.45) is 0 Å². The minimum absolute atomic E-state index is 0.241. The summed E-state index contributed by atoms with van der Waals surface area (Å²) < 4.78 is 71.1. The molecular formula is C16H13F5O. The van der Waals surface area contributed by atoms with Crippen molar-refractivity contribution in [3.05, 3.63) is 65.0 Å². The highest BCUT2D eigenvalue weighted by Gasteiger charge is 2.24. The maximum atomic E-state index is 13.4. The Labute approximate surface area is 124 Å². The van der Waals surface area contributed by atoms with Gasteiger partial charge in [-0.15, -0.1) is 0 Å². The molecule has 2 aromatic rings. The molecule has 0 bridgehead atoms. The van der Waals surface area contributed by atoms with Gasteiger partial charge in [-0.2, -0.15) is 0 Å². The Morgan fingerprint density at radius 1 is 0.682 bits per heavy atom. The van der Waals surface area contributed by atoms with E-state index in [2.05, 4.69) is 0 Å². The topological polar surface area (TPSA) is 9.23 Å². The van der Waals surface area contributed by atoms with Gasteiger partial charge >= 0.3 is 0 Å². The van der Waals surface area contributed by atoms with Gasteiger partial charge in [0.1, 0.15) is 5.75 Å². The molecule has 6 heteroatoms. The van der Waals surface area contributed by atoms with E-state index in [1.165, 1.54) is 0 Å². The first-order chi connectivity index (χ1) is 10.5. The molecule has 0 atom stereocenters. The van der Waals surface area contributed by atoms with Crippen molar-refractivity contribution in [2.45, 2.75) is 19.3 Å². The van der Waals surface area contributed by atoms with Crippen LogP contribution in [0.2, 0.25) is 0 Å².